The van der Waals surface area contributed by atoms with Crippen molar-refractivity contribution in [3.8, 4) is 29.1 Å². The van der Waals surface area contributed by atoms with Crippen molar-refractivity contribution in [2.75, 3.05) is 6.54 Å². The number of phenols is 4. The van der Waals surface area contributed by atoms with Crippen LogP contribution >= 0.6 is 0 Å². The Balaban J connectivity index is 1.85. The fourth-order valence-electron chi connectivity index (χ4n) is 2.44. The highest BCUT2D eigenvalue weighted by Gasteiger charge is 2.18. The van der Waals surface area contributed by atoms with Crippen molar-refractivity contribution >= 4 is 11.8 Å². The molecular formula is C19H19N3O6. The lowest BCUT2D eigenvalue weighted by molar-refractivity contribution is 0.0929. The van der Waals surface area contributed by atoms with Gasteiger partial charge in [-0.1, -0.05) is 12.1 Å². The third-order valence-electron chi connectivity index (χ3n) is 3.93. The van der Waals surface area contributed by atoms with Crippen LogP contribution in [0.4, 0.5) is 0 Å². The fraction of sp³-hybridized carbons (Fsp3) is 0.211. The molecule has 2 aromatic rings. The van der Waals surface area contributed by atoms with E-state index in [1.54, 1.807) is 0 Å². The number of aromatic hydroxyl groups is 4. The van der Waals surface area contributed by atoms with E-state index < -0.39 is 40.9 Å². The van der Waals surface area contributed by atoms with Crippen molar-refractivity contribution in [3.05, 3.63) is 47.5 Å². The molecule has 0 heterocycles. The van der Waals surface area contributed by atoms with Crippen LogP contribution in [0, 0.1) is 11.3 Å². The number of nitrogens with zero attached hydrogens (tertiary/aromatic N) is 1. The van der Waals surface area contributed by atoms with Crippen LogP contribution in [0.25, 0.3) is 0 Å². The molecule has 2 aromatic carbocycles. The van der Waals surface area contributed by atoms with Crippen LogP contribution in [0.1, 0.15) is 33.6 Å². The van der Waals surface area contributed by atoms with Gasteiger partial charge in [-0.3, -0.25) is 9.59 Å². The molecule has 0 bridgehead atoms. The second-order valence-electron chi connectivity index (χ2n) is 5.90. The minimum Gasteiger partial charge on any atom is -0.504 e. The Morgan fingerprint density at radius 2 is 1.46 bits per heavy atom. The summed E-state index contributed by atoms with van der Waals surface area (Å²) in [6.45, 7) is 0.166. The first-order valence-corrected chi connectivity index (χ1v) is 8.35. The second-order valence-corrected chi connectivity index (χ2v) is 5.90. The van der Waals surface area contributed by atoms with Crippen LogP contribution in [-0.2, 0) is 0 Å². The normalized spacial score (nSPS) is 11.2. The number of phenolic OH excluding ortho intramolecular Hbond substituents is 4. The van der Waals surface area contributed by atoms with Crippen LogP contribution in [0.15, 0.2) is 36.4 Å². The first-order valence-electron chi connectivity index (χ1n) is 8.35. The van der Waals surface area contributed by atoms with Gasteiger partial charge in [-0.2, -0.15) is 5.26 Å². The summed E-state index contributed by atoms with van der Waals surface area (Å²) in [6, 6.07) is 8.97. The SMILES string of the molecule is N#C[C@@H](CCCNC(=O)c1cccc(O)c1O)NC(=O)c1cccc(O)c1O. The molecule has 0 aliphatic rings. The predicted octanol–water partition coefficient (Wildman–Crippen LogP) is 1.34. The monoisotopic (exact) mass is 385 g/mol. The quantitative estimate of drug-likeness (QED) is 0.309. The van der Waals surface area contributed by atoms with E-state index in [0.29, 0.717) is 6.42 Å². The van der Waals surface area contributed by atoms with Gasteiger partial charge in [0.25, 0.3) is 11.8 Å². The fourth-order valence-corrected chi connectivity index (χ4v) is 2.44. The van der Waals surface area contributed by atoms with Crippen LogP contribution in [0.5, 0.6) is 23.0 Å². The molecule has 28 heavy (non-hydrogen) atoms. The molecule has 0 spiro atoms. The number of carbonyl (C=O) groups excluding carboxylic acids is 2. The molecular weight excluding hydrogens is 366 g/mol. The smallest absolute Gasteiger partial charge is 0.256 e. The van der Waals surface area contributed by atoms with Crippen LogP contribution in [-0.4, -0.2) is 44.8 Å². The Morgan fingerprint density at radius 1 is 0.929 bits per heavy atom. The van der Waals surface area contributed by atoms with E-state index in [9.17, 15) is 35.3 Å². The molecule has 6 N–H and O–H groups in total. The molecule has 0 aliphatic heterocycles. The Hall–Kier alpha value is -3.93. The van der Waals surface area contributed by atoms with Crippen molar-refractivity contribution < 1.29 is 30.0 Å². The van der Waals surface area contributed by atoms with Gasteiger partial charge in [0.2, 0.25) is 0 Å². The van der Waals surface area contributed by atoms with Crippen molar-refractivity contribution in [3.63, 3.8) is 0 Å². The average molecular weight is 385 g/mol. The molecule has 2 rings (SSSR count). The maximum absolute atomic E-state index is 12.1. The van der Waals surface area contributed by atoms with E-state index in [2.05, 4.69) is 10.6 Å². The van der Waals surface area contributed by atoms with Gasteiger partial charge in [0.1, 0.15) is 6.04 Å². The van der Waals surface area contributed by atoms with Gasteiger partial charge in [-0.05, 0) is 37.1 Å². The molecule has 0 unspecified atom stereocenters. The summed E-state index contributed by atoms with van der Waals surface area (Å²) in [4.78, 5) is 24.1. The summed E-state index contributed by atoms with van der Waals surface area (Å²) in [7, 11) is 0. The zero-order valence-corrected chi connectivity index (χ0v) is 14.7. The van der Waals surface area contributed by atoms with Gasteiger partial charge in [0, 0.05) is 6.54 Å². The zero-order valence-electron chi connectivity index (χ0n) is 14.7. The molecule has 2 amide bonds. The third kappa shape index (κ3) is 4.82. The molecule has 1 atom stereocenters. The van der Waals surface area contributed by atoms with Crippen LogP contribution < -0.4 is 10.6 Å². The summed E-state index contributed by atoms with van der Waals surface area (Å²) in [6.07, 6.45) is 0.559. The molecule has 0 aromatic heterocycles. The molecule has 9 heteroatoms. The van der Waals surface area contributed by atoms with E-state index in [1.165, 1.54) is 36.4 Å². The third-order valence-corrected chi connectivity index (χ3v) is 3.93. The van der Waals surface area contributed by atoms with E-state index >= 15 is 0 Å². The summed E-state index contributed by atoms with van der Waals surface area (Å²) < 4.78 is 0. The summed E-state index contributed by atoms with van der Waals surface area (Å²) in [5, 5.41) is 52.3. The van der Waals surface area contributed by atoms with Crippen molar-refractivity contribution in [1.82, 2.24) is 10.6 Å². The standard InChI is InChI=1S/C19H19N3O6/c20-10-11(22-19(28)13-6-2-8-15(24)17(13)26)4-3-9-21-18(27)12-5-1-7-14(23)16(12)25/h1-2,5-8,11,23-26H,3-4,9H2,(H,21,27)(H,22,28)/t11-/m1/s1. The van der Waals surface area contributed by atoms with Crippen molar-refractivity contribution in [2.24, 2.45) is 0 Å². The number of carbonyl (C=O) groups is 2. The van der Waals surface area contributed by atoms with Gasteiger partial charge in [-0.15, -0.1) is 0 Å². The lowest BCUT2D eigenvalue weighted by Gasteiger charge is -2.13. The number of benzene rings is 2. The van der Waals surface area contributed by atoms with Crippen molar-refractivity contribution in [2.45, 2.75) is 18.9 Å². The van der Waals surface area contributed by atoms with Gasteiger partial charge < -0.3 is 31.1 Å². The Bertz CT molecular complexity index is 922. The predicted molar refractivity (Wildman–Crippen MR) is 98.0 cm³/mol. The number of rotatable bonds is 7. The lowest BCUT2D eigenvalue weighted by atomic mass is 10.1. The van der Waals surface area contributed by atoms with Gasteiger partial charge in [0.05, 0.1) is 17.2 Å². The minimum absolute atomic E-state index is 0.0792. The second kappa shape index (κ2) is 9.14. The van der Waals surface area contributed by atoms with Crippen LogP contribution in [0.3, 0.4) is 0 Å². The van der Waals surface area contributed by atoms with Crippen LogP contribution in [0.2, 0.25) is 0 Å². The van der Waals surface area contributed by atoms with E-state index in [-0.39, 0.29) is 24.1 Å². The lowest BCUT2D eigenvalue weighted by Crippen LogP contribution is -2.34. The number of nitriles is 1. The van der Waals surface area contributed by atoms with E-state index in [1.807, 2.05) is 6.07 Å². The maximum atomic E-state index is 12.1. The number of nitrogens with one attached hydrogen (secondary N) is 2. The molecule has 146 valence electrons. The highest BCUT2D eigenvalue weighted by molar-refractivity contribution is 5.98. The summed E-state index contributed by atoms with van der Waals surface area (Å²) in [5.74, 6) is -3.25. The highest BCUT2D eigenvalue weighted by Crippen LogP contribution is 2.28. The number of hydrogen-bond acceptors (Lipinski definition) is 7. The average Bonchev–Trinajstić information content (AvgIpc) is 2.68. The summed E-state index contributed by atoms with van der Waals surface area (Å²) in [5.41, 5.74) is -0.239. The highest BCUT2D eigenvalue weighted by atomic mass is 16.3. The molecule has 0 radical (unpaired) electrons. The number of hydrogen-bond donors (Lipinski definition) is 6. The molecule has 0 fully saturated rings. The molecule has 0 aliphatic carbocycles. The Labute approximate surface area is 160 Å². The minimum atomic E-state index is -0.875. The Morgan fingerprint density at radius 3 is 2.00 bits per heavy atom. The molecule has 0 saturated heterocycles. The van der Waals surface area contributed by atoms with E-state index in [4.69, 9.17) is 0 Å². The summed E-state index contributed by atoms with van der Waals surface area (Å²) >= 11 is 0. The molecule has 0 saturated carbocycles. The first kappa shape index (κ1) is 20.4. The first-order chi connectivity index (χ1) is 13.3. The number of para-hydroxylation sites is 2. The largest absolute Gasteiger partial charge is 0.504 e. The number of amides is 2. The van der Waals surface area contributed by atoms with Gasteiger partial charge in [0.15, 0.2) is 23.0 Å². The maximum Gasteiger partial charge on any atom is 0.256 e. The van der Waals surface area contributed by atoms with Gasteiger partial charge >= 0.3 is 0 Å². The topological polar surface area (TPSA) is 163 Å². The molecule has 9 nitrogen and oxygen atoms in total. The van der Waals surface area contributed by atoms with Gasteiger partial charge in [-0.25, -0.2) is 0 Å². The Kier molecular flexibility index (Phi) is 6.65. The van der Waals surface area contributed by atoms with E-state index in [0.717, 1.165) is 0 Å². The van der Waals surface area contributed by atoms with Crippen molar-refractivity contribution in [1.29, 1.82) is 5.26 Å². The zero-order chi connectivity index (χ0) is 20.7.